The molecule has 1 unspecified atom stereocenters. The summed E-state index contributed by atoms with van der Waals surface area (Å²) < 4.78 is 0. The third kappa shape index (κ3) is 3.21. The summed E-state index contributed by atoms with van der Waals surface area (Å²) in [6.07, 6.45) is 5.01. The lowest BCUT2D eigenvalue weighted by Crippen LogP contribution is -2.32. The van der Waals surface area contributed by atoms with Gasteiger partial charge in [-0.3, -0.25) is 4.79 Å². The molecule has 130 valence electrons. The minimum absolute atomic E-state index is 0.132. The molecule has 1 aromatic heterocycles. The molecule has 4 rings (SSSR count). The highest BCUT2D eigenvalue weighted by Gasteiger charge is 2.30. The Morgan fingerprint density at radius 2 is 2.08 bits per heavy atom. The fraction of sp³-hybridized carbons (Fsp3) is 0.421. The SMILES string of the molecule is CN1CCC(Nc2nc(-c3cccc(Cl)c3)nc3c2CCCC3)C1=O. The first-order valence-corrected chi connectivity index (χ1v) is 9.17. The summed E-state index contributed by atoms with van der Waals surface area (Å²) in [6, 6.07) is 7.40. The van der Waals surface area contributed by atoms with E-state index in [1.54, 1.807) is 4.90 Å². The molecule has 0 saturated carbocycles. The Morgan fingerprint density at radius 1 is 1.24 bits per heavy atom. The number of nitrogens with one attached hydrogen (secondary N) is 1. The fourth-order valence-corrected chi connectivity index (χ4v) is 3.78. The molecule has 0 radical (unpaired) electrons. The van der Waals surface area contributed by atoms with Crippen molar-refractivity contribution in [3.05, 3.63) is 40.5 Å². The number of likely N-dealkylation sites (N-methyl/N-ethyl adjacent to an activating group) is 1. The topological polar surface area (TPSA) is 58.1 Å². The van der Waals surface area contributed by atoms with E-state index in [1.165, 1.54) is 5.56 Å². The number of anilines is 1. The van der Waals surface area contributed by atoms with E-state index >= 15 is 0 Å². The highest BCUT2D eigenvalue weighted by molar-refractivity contribution is 6.30. The van der Waals surface area contributed by atoms with Gasteiger partial charge in [0.1, 0.15) is 11.9 Å². The lowest BCUT2D eigenvalue weighted by molar-refractivity contribution is -0.127. The van der Waals surface area contributed by atoms with E-state index in [2.05, 4.69) is 5.32 Å². The third-order valence-electron chi connectivity index (χ3n) is 5.00. The van der Waals surface area contributed by atoms with E-state index in [0.717, 1.165) is 55.7 Å². The lowest BCUT2D eigenvalue weighted by Gasteiger charge is -2.22. The smallest absolute Gasteiger partial charge is 0.244 e. The molecule has 1 saturated heterocycles. The van der Waals surface area contributed by atoms with Crippen molar-refractivity contribution in [3.8, 4) is 11.4 Å². The Morgan fingerprint density at radius 3 is 2.84 bits per heavy atom. The summed E-state index contributed by atoms with van der Waals surface area (Å²) in [4.78, 5) is 23.6. The molecule has 6 heteroatoms. The first-order chi connectivity index (χ1) is 12.1. The van der Waals surface area contributed by atoms with Crippen molar-refractivity contribution in [1.82, 2.24) is 14.9 Å². The monoisotopic (exact) mass is 356 g/mol. The predicted octanol–water partition coefficient (Wildman–Crippen LogP) is 3.32. The van der Waals surface area contributed by atoms with E-state index in [0.29, 0.717) is 10.8 Å². The zero-order chi connectivity index (χ0) is 17.4. The normalized spacial score (nSPS) is 19.8. The number of nitrogens with zero attached hydrogens (tertiary/aromatic N) is 3. The molecule has 1 aliphatic carbocycles. The van der Waals surface area contributed by atoms with Crippen LogP contribution < -0.4 is 5.32 Å². The van der Waals surface area contributed by atoms with Gasteiger partial charge in [-0.05, 0) is 44.2 Å². The van der Waals surface area contributed by atoms with Crippen LogP contribution in [0.2, 0.25) is 5.02 Å². The number of carbonyl (C=O) groups excluding carboxylic acids is 1. The zero-order valence-corrected chi connectivity index (χ0v) is 15.0. The second-order valence-electron chi connectivity index (χ2n) is 6.78. The highest BCUT2D eigenvalue weighted by Crippen LogP contribution is 2.30. The van der Waals surface area contributed by atoms with Crippen LogP contribution >= 0.6 is 11.6 Å². The Balaban J connectivity index is 1.74. The maximum atomic E-state index is 12.3. The number of amides is 1. The average Bonchev–Trinajstić information content (AvgIpc) is 2.94. The molecular formula is C19H21ClN4O. The molecule has 1 N–H and O–H groups in total. The Bertz CT molecular complexity index is 823. The van der Waals surface area contributed by atoms with Gasteiger partial charge in [-0.15, -0.1) is 0 Å². The molecule has 2 aliphatic rings. The number of benzene rings is 1. The molecule has 25 heavy (non-hydrogen) atoms. The molecule has 0 spiro atoms. The summed E-state index contributed by atoms with van der Waals surface area (Å²) in [6.45, 7) is 0.783. The number of halogens is 1. The van der Waals surface area contributed by atoms with Crippen molar-refractivity contribution in [2.24, 2.45) is 0 Å². The van der Waals surface area contributed by atoms with Gasteiger partial charge in [0.05, 0.1) is 0 Å². The number of fused-ring (bicyclic) bond motifs is 1. The molecule has 1 fully saturated rings. The number of likely N-dealkylation sites (tertiary alicyclic amines) is 1. The molecule has 2 heterocycles. The van der Waals surface area contributed by atoms with Gasteiger partial charge in [-0.1, -0.05) is 23.7 Å². The van der Waals surface area contributed by atoms with Crippen LogP contribution in [0.4, 0.5) is 5.82 Å². The molecule has 1 atom stereocenters. The second kappa shape index (κ2) is 6.64. The minimum atomic E-state index is -0.196. The van der Waals surface area contributed by atoms with Gasteiger partial charge in [-0.2, -0.15) is 0 Å². The van der Waals surface area contributed by atoms with Crippen LogP contribution in [0.15, 0.2) is 24.3 Å². The number of aryl methyl sites for hydroxylation is 1. The van der Waals surface area contributed by atoms with E-state index in [-0.39, 0.29) is 11.9 Å². The first-order valence-electron chi connectivity index (χ1n) is 8.79. The van der Waals surface area contributed by atoms with Gasteiger partial charge in [0.25, 0.3) is 0 Å². The number of aromatic nitrogens is 2. The van der Waals surface area contributed by atoms with Gasteiger partial charge in [0.2, 0.25) is 5.91 Å². The van der Waals surface area contributed by atoms with Crippen molar-refractivity contribution < 1.29 is 4.79 Å². The summed E-state index contributed by atoms with van der Waals surface area (Å²) >= 11 is 6.13. The van der Waals surface area contributed by atoms with Crippen molar-refractivity contribution in [3.63, 3.8) is 0 Å². The van der Waals surface area contributed by atoms with Crippen LogP contribution in [0.25, 0.3) is 11.4 Å². The van der Waals surface area contributed by atoms with Gasteiger partial charge >= 0.3 is 0 Å². The summed E-state index contributed by atoms with van der Waals surface area (Å²) in [7, 11) is 1.84. The molecular weight excluding hydrogens is 336 g/mol. The van der Waals surface area contributed by atoms with Gasteiger partial charge in [-0.25, -0.2) is 9.97 Å². The highest BCUT2D eigenvalue weighted by atomic mass is 35.5. The van der Waals surface area contributed by atoms with Crippen LogP contribution in [0.1, 0.15) is 30.5 Å². The van der Waals surface area contributed by atoms with Crippen LogP contribution in [0.3, 0.4) is 0 Å². The van der Waals surface area contributed by atoms with Crippen LogP contribution in [0, 0.1) is 0 Å². The summed E-state index contributed by atoms with van der Waals surface area (Å²) in [5, 5.41) is 4.07. The summed E-state index contributed by atoms with van der Waals surface area (Å²) in [5.74, 6) is 1.62. The minimum Gasteiger partial charge on any atom is -0.358 e. The lowest BCUT2D eigenvalue weighted by atomic mass is 9.96. The largest absolute Gasteiger partial charge is 0.358 e. The first kappa shape index (κ1) is 16.3. The quantitative estimate of drug-likeness (QED) is 0.916. The Hall–Kier alpha value is -2.14. The molecule has 1 amide bonds. The Labute approximate surface area is 152 Å². The van der Waals surface area contributed by atoms with Crippen molar-refractivity contribution in [1.29, 1.82) is 0 Å². The van der Waals surface area contributed by atoms with Crippen molar-refractivity contribution >= 4 is 23.3 Å². The molecule has 1 aliphatic heterocycles. The molecule has 2 aromatic rings. The maximum Gasteiger partial charge on any atom is 0.244 e. The van der Waals surface area contributed by atoms with E-state index in [1.807, 2.05) is 31.3 Å². The fourth-order valence-electron chi connectivity index (χ4n) is 3.59. The maximum absolute atomic E-state index is 12.3. The van der Waals surface area contributed by atoms with Crippen molar-refractivity contribution in [2.45, 2.75) is 38.1 Å². The van der Waals surface area contributed by atoms with Gasteiger partial charge in [0.15, 0.2) is 5.82 Å². The summed E-state index contributed by atoms with van der Waals surface area (Å²) in [5.41, 5.74) is 3.16. The van der Waals surface area contributed by atoms with Crippen LogP contribution in [0.5, 0.6) is 0 Å². The van der Waals surface area contributed by atoms with Crippen LogP contribution in [-0.4, -0.2) is 40.4 Å². The van der Waals surface area contributed by atoms with E-state index in [9.17, 15) is 4.79 Å². The second-order valence-corrected chi connectivity index (χ2v) is 7.22. The van der Waals surface area contributed by atoms with Gasteiger partial charge in [0, 0.05) is 35.4 Å². The van der Waals surface area contributed by atoms with Crippen molar-refractivity contribution in [2.75, 3.05) is 18.9 Å². The predicted molar refractivity (Wildman–Crippen MR) is 98.8 cm³/mol. The zero-order valence-electron chi connectivity index (χ0n) is 14.3. The van der Waals surface area contributed by atoms with E-state index < -0.39 is 0 Å². The average molecular weight is 357 g/mol. The van der Waals surface area contributed by atoms with Gasteiger partial charge < -0.3 is 10.2 Å². The number of carbonyl (C=O) groups is 1. The Kier molecular flexibility index (Phi) is 4.34. The molecule has 0 bridgehead atoms. The number of rotatable bonds is 3. The molecule has 5 nitrogen and oxygen atoms in total. The number of hydrogen-bond acceptors (Lipinski definition) is 4. The third-order valence-corrected chi connectivity index (χ3v) is 5.24. The van der Waals surface area contributed by atoms with E-state index in [4.69, 9.17) is 21.6 Å². The standard InChI is InChI=1S/C19H21ClN4O/c1-24-10-9-16(19(24)25)22-18-14-7-2-3-8-15(14)21-17(23-18)12-5-4-6-13(20)11-12/h4-6,11,16H,2-3,7-10H2,1H3,(H,21,22,23). The molecule has 1 aromatic carbocycles. The number of hydrogen-bond donors (Lipinski definition) is 1. The van der Waals surface area contributed by atoms with Crippen LogP contribution in [-0.2, 0) is 17.6 Å².